The number of benzene rings is 1. The van der Waals surface area contributed by atoms with E-state index in [2.05, 4.69) is 57.7 Å². The van der Waals surface area contributed by atoms with Crippen molar-refractivity contribution in [2.75, 3.05) is 5.01 Å². The molecule has 0 bridgehead atoms. The molecule has 2 aromatic rings. The Morgan fingerprint density at radius 1 is 0.800 bits per heavy atom. The number of allylic oxidation sites excluding steroid dienone is 2. The number of nitrogens with zero attached hydrogens (tertiary/aromatic N) is 3. The average molecular weight is 259 g/mol. The highest BCUT2D eigenvalue weighted by atomic mass is 15.6. The van der Waals surface area contributed by atoms with Gasteiger partial charge < -0.3 is 0 Å². The largest absolute Gasteiger partial charge is 0.256 e. The summed E-state index contributed by atoms with van der Waals surface area (Å²) in [7, 11) is 0. The molecule has 0 atom stereocenters. The van der Waals surface area contributed by atoms with Crippen LogP contribution in [0.1, 0.15) is 11.3 Å². The van der Waals surface area contributed by atoms with Crippen LogP contribution in [0.2, 0.25) is 0 Å². The molecular weight excluding hydrogens is 246 g/mol. The van der Waals surface area contributed by atoms with Crippen molar-refractivity contribution in [1.82, 2.24) is 9.99 Å². The Labute approximate surface area is 117 Å². The molecule has 0 fully saturated rings. The van der Waals surface area contributed by atoms with E-state index in [-0.39, 0.29) is 0 Å². The molecule has 0 amide bonds. The fourth-order valence-electron chi connectivity index (χ4n) is 2.54. The summed E-state index contributed by atoms with van der Waals surface area (Å²) in [5.74, 6) is 0. The summed E-state index contributed by atoms with van der Waals surface area (Å²) in [5, 5.41) is 4.25. The van der Waals surface area contributed by atoms with E-state index < -0.39 is 0 Å². The van der Waals surface area contributed by atoms with Gasteiger partial charge in [-0.1, -0.05) is 24.3 Å². The number of hydrogen-bond acceptors (Lipinski definition) is 3. The lowest BCUT2D eigenvalue weighted by molar-refractivity contribution is 0.527. The molecule has 0 aliphatic carbocycles. The molecule has 3 heteroatoms. The third-order valence-electron chi connectivity index (χ3n) is 3.45. The highest BCUT2D eigenvalue weighted by molar-refractivity contribution is 5.88. The zero-order valence-corrected chi connectivity index (χ0v) is 10.8. The van der Waals surface area contributed by atoms with Gasteiger partial charge in [-0.05, 0) is 36.4 Å². The lowest BCUT2D eigenvalue weighted by atomic mass is 10.1. The van der Waals surface area contributed by atoms with E-state index in [0.29, 0.717) is 0 Å². The van der Waals surface area contributed by atoms with Crippen LogP contribution in [0.5, 0.6) is 0 Å². The number of hydrazine groups is 1. The Morgan fingerprint density at radius 2 is 1.60 bits per heavy atom. The number of anilines is 1. The van der Waals surface area contributed by atoms with Crippen LogP contribution in [0.15, 0.2) is 73.2 Å². The Hall–Kier alpha value is -2.81. The number of fused-ring (bicyclic) bond motifs is 3. The Morgan fingerprint density at radius 3 is 2.45 bits per heavy atom. The van der Waals surface area contributed by atoms with Gasteiger partial charge in [0.15, 0.2) is 0 Å². The van der Waals surface area contributed by atoms with Gasteiger partial charge in [0.25, 0.3) is 0 Å². The van der Waals surface area contributed by atoms with Crippen LogP contribution in [-0.4, -0.2) is 9.99 Å². The van der Waals surface area contributed by atoms with Crippen molar-refractivity contribution < 1.29 is 0 Å². The summed E-state index contributed by atoms with van der Waals surface area (Å²) in [5.41, 5.74) is 4.41. The molecule has 0 saturated heterocycles. The van der Waals surface area contributed by atoms with Crippen molar-refractivity contribution in [3.05, 3.63) is 84.5 Å². The van der Waals surface area contributed by atoms with Gasteiger partial charge in [-0.15, -0.1) is 0 Å². The van der Waals surface area contributed by atoms with E-state index in [1.54, 1.807) is 0 Å². The van der Waals surface area contributed by atoms with Crippen molar-refractivity contribution in [1.29, 1.82) is 0 Å². The molecule has 1 aromatic heterocycles. The van der Waals surface area contributed by atoms with Crippen molar-refractivity contribution in [3.8, 4) is 0 Å². The number of hydrogen-bond donors (Lipinski definition) is 0. The predicted molar refractivity (Wildman–Crippen MR) is 81.1 cm³/mol. The summed E-state index contributed by atoms with van der Waals surface area (Å²) >= 11 is 0. The van der Waals surface area contributed by atoms with Crippen LogP contribution in [-0.2, 0) is 0 Å². The van der Waals surface area contributed by atoms with Crippen LogP contribution in [0.4, 0.5) is 5.69 Å². The maximum atomic E-state index is 4.47. The molecule has 3 heterocycles. The maximum absolute atomic E-state index is 4.47. The summed E-state index contributed by atoms with van der Waals surface area (Å²) in [6.07, 6.45) is 12.2. The third kappa shape index (κ3) is 1.64. The minimum absolute atomic E-state index is 0.965. The van der Waals surface area contributed by atoms with E-state index in [1.165, 1.54) is 11.3 Å². The van der Waals surface area contributed by atoms with E-state index in [1.807, 2.05) is 36.5 Å². The van der Waals surface area contributed by atoms with Gasteiger partial charge in [0, 0.05) is 24.2 Å². The smallest absolute Gasteiger partial charge is 0.0892 e. The molecule has 2 aliphatic heterocycles. The first-order chi connectivity index (χ1) is 9.93. The molecule has 0 N–H and O–H groups in total. The lowest BCUT2D eigenvalue weighted by Gasteiger charge is -2.39. The zero-order chi connectivity index (χ0) is 13.4. The highest BCUT2D eigenvalue weighted by Gasteiger charge is 2.24. The van der Waals surface area contributed by atoms with Crippen molar-refractivity contribution in [2.45, 2.75) is 0 Å². The quantitative estimate of drug-likeness (QED) is 0.779. The molecule has 2 aliphatic rings. The summed E-state index contributed by atoms with van der Waals surface area (Å²) < 4.78 is 0. The Balaban J connectivity index is 1.92. The van der Waals surface area contributed by atoms with E-state index in [0.717, 1.165) is 11.4 Å². The maximum Gasteiger partial charge on any atom is 0.0892 e. The van der Waals surface area contributed by atoms with Gasteiger partial charge in [0.05, 0.1) is 17.1 Å². The fraction of sp³-hybridized carbons (Fsp3) is 0. The molecule has 3 nitrogen and oxygen atoms in total. The number of para-hydroxylation sites is 1. The molecule has 1 aromatic carbocycles. The number of pyridine rings is 1. The molecule has 4 rings (SSSR count). The molecule has 0 radical (unpaired) electrons. The topological polar surface area (TPSA) is 19.4 Å². The molecule has 0 spiro atoms. The first kappa shape index (κ1) is 11.1. The minimum atomic E-state index is 0.965. The second-order valence-electron chi connectivity index (χ2n) is 4.68. The third-order valence-corrected chi connectivity index (χ3v) is 3.45. The minimum Gasteiger partial charge on any atom is -0.256 e. The normalized spacial score (nSPS) is 15.7. The summed E-state index contributed by atoms with van der Waals surface area (Å²) in [4.78, 5) is 4.47. The van der Waals surface area contributed by atoms with E-state index >= 15 is 0 Å². The number of rotatable bonds is 1. The summed E-state index contributed by atoms with van der Waals surface area (Å²) in [6, 6.07) is 14.3. The van der Waals surface area contributed by atoms with E-state index in [4.69, 9.17) is 0 Å². The Bertz CT molecular complexity index is 729. The van der Waals surface area contributed by atoms with Gasteiger partial charge in [-0.25, -0.2) is 0 Å². The second-order valence-corrected chi connectivity index (χ2v) is 4.68. The average Bonchev–Trinajstić information content (AvgIpc) is 2.55. The van der Waals surface area contributed by atoms with Crippen LogP contribution in [0.3, 0.4) is 0 Å². The molecule has 0 saturated carbocycles. The second kappa shape index (κ2) is 4.38. The molecule has 20 heavy (non-hydrogen) atoms. The zero-order valence-electron chi connectivity index (χ0n) is 10.8. The van der Waals surface area contributed by atoms with Gasteiger partial charge in [0.2, 0.25) is 0 Å². The van der Waals surface area contributed by atoms with Crippen molar-refractivity contribution >= 4 is 17.5 Å². The molecular formula is C17H13N3. The predicted octanol–water partition coefficient (Wildman–Crippen LogP) is 3.66. The van der Waals surface area contributed by atoms with E-state index in [9.17, 15) is 0 Å². The van der Waals surface area contributed by atoms with Gasteiger partial charge in [0.1, 0.15) is 0 Å². The van der Waals surface area contributed by atoms with Crippen LogP contribution >= 0.6 is 0 Å². The number of aromatic nitrogens is 1. The highest BCUT2D eigenvalue weighted by Crippen LogP contribution is 2.36. The van der Waals surface area contributed by atoms with Crippen molar-refractivity contribution in [2.24, 2.45) is 0 Å². The van der Waals surface area contributed by atoms with Crippen LogP contribution in [0, 0.1) is 0 Å². The molecule has 96 valence electrons. The fourth-order valence-corrected chi connectivity index (χ4v) is 2.54. The monoisotopic (exact) mass is 259 g/mol. The van der Waals surface area contributed by atoms with Crippen molar-refractivity contribution in [3.63, 3.8) is 0 Å². The first-order valence-corrected chi connectivity index (χ1v) is 6.59. The SMILES string of the molecule is C1=CN2C(c3ccccn3)=Cc3ccccc3N2C=C1. The first-order valence-electron chi connectivity index (χ1n) is 6.59. The molecule has 0 unspecified atom stereocenters. The van der Waals surface area contributed by atoms with Gasteiger partial charge >= 0.3 is 0 Å². The lowest BCUT2D eigenvalue weighted by Crippen LogP contribution is -2.37. The Kier molecular flexibility index (Phi) is 2.42. The van der Waals surface area contributed by atoms with Gasteiger partial charge in [-0.3, -0.25) is 15.0 Å². The van der Waals surface area contributed by atoms with Crippen LogP contribution < -0.4 is 5.01 Å². The van der Waals surface area contributed by atoms with Gasteiger partial charge in [-0.2, -0.15) is 0 Å². The summed E-state index contributed by atoms with van der Waals surface area (Å²) in [6.45, 7) is 0. The van der Waals surface area contributed by atoms with Crippen LogP contribution in [0.25, 0.3) is 11.8 Å². The standard InChI is InChI=1S/C17H13N3/c1-2-9-16-14(7-1)13-17(15-8-3-4-10-18-15)20-12-6-5-11-19(16)20/h1-13H.